The molecule has 1 aromatic heterocycles. The zero-order valence-electron chi connectivity index (χ0n) is 17.3. The normalized spacial score (nSPS) is 13.9. The van der Waals surface area contributed by atoms with Gasteiger partial charge in [-0.2, -0.15) is 0 Å². The Labute approximate surface area is 178 Å². The lowest BCUT2D eigenvalue weighted by Crippen LogP contribution is -2.49. The molecule has 0 unspecified atom stereocenters. The number of unbranched alkanes of at least 4 members (excludes halogenated alkanes) is 2. The molecule has 0 aliphatic carbocycles. The van der Waals surface area contributed by atoms with Crippen molar-refractivity contribution in [3.63, 3.8) is 0 Å². The van der Waals surface area contributed by atoms with Gasteiger partial charge in [-0.1, -0.05) is 42.8 Å². The molecule has 0 saturated carbocycles. The van der Waals surface area contributed by atoms with Crippen LogP contribution in [0, 0.1) is 0 Å². The lowest BCUT2D eigenvalue weighted by atomic mass is 10.1. The van der Waals surface area contributed by atoms with E-state index in [1.165, 1.54) is 0 Å². The number of amides is 2. The van der Waals surface area contributed by atoms with Crippen LogP contribution in [0.3, 0.4) is 0 Å². The van der Waals surface area contributed by atoms with E-state index in [1.54, 1.807) is 6.20 Å². The fourth-order valence-corrected chi connectivity index (χ4v) is 3.45. The summed E-state index contributed by atoms with van der Waals surface area (Å²) in [6.45, 7) is 3.44. The molecule has 1 saturated heterocycles. The van der Waals surface area contributed by atoms with Gasteiger partial charge in [-0.15, -0.1) is 0 Å². The number of nitrogens with one attached hydrogen (secondary N) is 1. The first kappa shape index (κ1) is 21.8. The number of anilines is 1. The summed E-state index contributed by atoms with van der Waals surface area (Å²) in [5.74, 6) is 1.05. The fourth-order valence-electron chi connectivity index (χ4n) is 3.45. The third kappa shape index (κ3) is 7.15. The van der Waals surface area contributed by atoms with Crippen molar-refractivity contribution in [2.45, 2.75) is 38.7 Å². The summed E-state index contributed by atoms with van der Waals surface area (Å²) in [6, 6.07) is 15.6. The molecule has 7 heteroatoms. The lowest BCUT2D eigenvalue weighted by Gasteiger charge is -2.35. The molecule has 7 nitrogen and oxygen atoms in total. The predicted molar refractivity (Wildman–Crippen MR) is 115 cm³/mol. The number of hydrogen-bond donors (Lipinski definition) is 1. The van der Waals surface area contributed by atoms with Crippen molar-refractivity contribution >= 4 is 17.6 Å². The van der Waals surface area contributed by atoms with Crippen LogP contribution in [0.1, 0.15) is 37.7 Å². The Morgan fingerprint density at radius 2 is 1.63 bits per heavy atom. The monoisotopic (exact) mass is 410 g/mol. The number of carbonyl (C=O) groups is 2. The maximum Gasteiger partial charge on any atom is 0.243 e. The molecule has 0 spiro atoms. The Balaban J connectivity index is 1.22. The number of aromatic nitrogens is 1. The summed E-state index contributed by atoms with van der Waals surface area (Å²) in [4.78, 5) is 38.0. The molecular formula is C23H30N4O3. The average Bonchev–Trinajstić information content (AvgIpc) is 2.80. The number of piperazine rings is 1. The second-order valence-corrected chi connectivity index (χ2v) is 7.42. The SMILES string of the molecule is O=C(CCCCCC(=O)N1CCN(c2ccccn2)CC1)NOCc1ccccc1. The number of carbonyl (C=O) groups excluding carboxylic acids is 2. The van der Waals surface area contributed by atoms with E-state index in [4.69, 9.17) is 4.84 Å². The molecule has 1 aliphatic rings. The number of pyridine rings is 1. The van der Waals surface area contributed by atoms with E-state index in [0.29, 0.717) is 19.4 Å². The molecule has 1 fully saturated rings. The molecule has 0 radical (unpaired) electrons. The van der Waals surface area contributed by atoms with E-state index in [-0.39, 0.29) is 11.8 Å². The molecule has 1 aliphatic heterocycles. The van der Waals surface area contributed by atoms with Crippen LogP contribution >= 0.6 is 0 Å². The predicted octanol–water partition coefficient (Wildman–Crippen LogP) is 2.93. The van der Waals surface area contributed by atoms with Gasteiger partial charge in [0.15, 0.2) is 0 Å². The highest BCUT2D eigenvalue weighted by Gasteiger charge is 2.21. The van der Waals surface area contributed by atoms with Crippen LogP contribution < -0.4 is 10.4 Å². The third-order valence-electron chi connectivity index (χ3n) is 5.17. The van der Waals surface area contributed by atoms with Gasteiger partial charge in [-0.05, 0) is 30.5 Å². The maximum atomic E-state index is 12.4. The number of nitrogens with zero attached hydrogens (tertiary/aromatic N) is 3. The molecule has 2 amide bonds. The number of rotatable bonds is 10. The summed E-state index contributed by atoms with van der Waals surface area (Å²) in [5.41, 5.74) is 3.49. The van der Waals surface area contributed by atoms with Crippen LogP contribution in [0.25, 0.3) is 0 Å². The Bertz CT molecular complexity index is 778. The van der Waals surface area contributed by atoms with E-state index in [0.717, 1.165) is 56.8 Å². The molecule has 160 valence electrons. The van der Waals surface area contributed by atoms with Gasteiger partial charge in [0.1, 0.15) is 5.82 Å². The van der Waals surface area contributed by atoms with Crippen LogP contribution in [-0.4, -0.2) is 47.9 Å². The zero-order chi connectivity index (χ0) is 21.0. The smallest absolute Gasteiger partial charge is 0.243 e. The average molecular weight is 411 g/mol. The van der Waals surface area contributed by atoms with Crippen LogP contribution in [0.5, 0.6) is 0 Å². The van der Waals surface area contributed by atoms with Crippen LogP contribution in [0.2, 0.25) is 0 Å². The minimum atomic E-state index is -0.122. The van der Waals surface area contributed by atoms with Crippen LogP contribution in [0.4, 0.5) is 5.82 Å². The van der Waals surface area contributed by atoms with Gasteiger partial charge in [-0.25, -0.2) is 10.5 Å². The van der Waals surface area contributed by atoms with Crippen LogP contribution in [-0.2, 0) is 21.0 Å². The minimum absolute atomic E-state index is 0.122. The molecule has 30 heavy (non-hydrogen) atoms. The number of benzene rings is 1. The molecular weight excluding hydrogens is 380 g/mol. The lowest BCUT2D eigenvalue weighted by molar-refractivity contribution is -0.134. The first-order chi connectivity index (χ1) is 14.7. The van der Waals surface area contributed by atoms with Crippen molar-refractivity contribution in [1.82, 2.24) is 15.4 Å². The molecule has 1 N–H and O–H groups in total. The molecule has 2 aromatic rings. The minimum Gasteiger partial charge on any atom is -0.353 e. The largest absolute Gasteiger partial charge is 0.353 e. The molecule has 3 rings (SSSR count). The van der Waals surface area contributed by atoms with E-state index in [9.17, 15) is 9.59 Å². The highest BCUT2D eigenvalue weighted by molar-refractivity contribution is 5.76. The zero-order valence-corrected chi connectivity index (χ0v) is 17.3. The third-order valence-corrected chi connectivity index (χ3v) is 5.17. The molecule has 2 heterocycles. The van der Waals surface area contributed by atoms with E-state index < -0.39 is 0 Å². The van der Waals surface area contributed by atoms with Gasteiger partial charge < -0.3 is 9.80 Å². The van der Waals surface area contributed by atoms with E-state index in [2.05, 4.69) is 15.4 Å². The van der Waals surface area contributed by atoms with Gasteiger partial charge in [0.2, 0.25) is 11.8 Å². The Morgan fingerprint density at radius 3 is 2.37 bits per heavy atom. The Morgan fingerprint density at radius 1 is 0.900 bits per heavy atom. The van der Waals surface area contributed by atoms with Gasteiger partial charge >= 0.3 is 0 Å². The van der Waals surface area contributed by atoms with Gasteiger partial charge in [0.25, 0.3) is 0 Å². The summed E-state index contributed by atoms with van der Waals surface area (Å²) in [5, 5.41) is 0. The van der Waals surface area contributed by atoms with E-state index in [1.807, 2.05) is 53.4 Å². The summed E-state index contributed by atoms with van der Waals surface area (Å²) in [6.07, 6.45) is 5.15. The van der Waals surface area contributed by atoms with Crippen LogP contribution in [0.15, 0.2) is 54.7 Å². The summed E-state index contributed by atoms with van der Waals surface area (Å²) in [7, 11) is 0. The maximum absolute atomic E-state index is 12.4. The molecule has 0 atom stereocenters. The number of hydroxylamine groups is 1. The quantitative estimate of drug-likeness (QED) is 0.482. The van der Waals surface area contributed by atoms with Crippen molar-refractivity contribution in [2.75, 3.05) is 31.1 Å². The summed E-state index contributed by atoms with van der Waals surface area (Å²) < 4.78 is 0. The number of hydrogen-bond acceptors (Lipinski definition) is 5. The molecule has 0 bridgehead atoms. The second-order valence-electron chi connectivity index (χ2n) is 7.42. The van der Waals surface area contributed by atoms with Crippen molar-refractivity contribution in [1.29, 1.82) is 0 Å². The standard InChI is InChI=1S/C23H30N4O3/c28-22(25-30-19-20-9-3-1-4-10-20)12-5-2-6-13-23(29)27-17-15-26(16-18-27)21-11-7-8-14-24-21/h1,3-4,7-11,14H,2,5-6,12-13,15-19H2,(H,25,28). The summed E-state index contributed by atoms with van der Waals surface area (Å²) >= 11 is 0. The van der Waals surface area contributed by atoms with Gasteiger partial charge in [-0.3, -0.25) is 14.4 Å². The van der Waals surface area contributed by atoms with Crippen molar-refractivity contribution in [3.05, 3.63) is 60.3 Å². The van der Waals surface area contributed by atoms with Gasteiger partial charge in [0, 0.05) is 45.2 Å². The van der Waals surface area contributed by atoms with E-state index >= 15 is 0 Å². The first-order valence-electron chi connectivity index (χ1n) is 10.6. The van der Waals surface area contributed by atoms with Crippen molar-refractivity contribution in [3.8, 4) is 0 Å². The highest BCUT2D eigenvalue weighted by atomic mass is 16.6. The Kier molecular flexibility index (Phi) is 8.65. The first-order valence-corrected chi connectivity index (χ1v) is 10.6. The fraction of sp³-hybridized carbons (Fsp3) is 0.435. The van der Waals surface area contributed by atoms with Crippen molar-refractivity contribution < 1.29 is 14.4 Å². The highest BCUT2D eigenvalue weighted by Crippen LogP contribution is 2.14. The van der Waals surface area contributed by atoms with Crippen molar-refractivity contribution in [2.24, 2.45) is 0 Å². The topological polar surface area (TPSA) is 74.8 Å². The Hall–Kier alpha value is -2.93. The molecule has 1 aromatic carbocycles. The second kappa shape index (κ2) is 11.9. The van der Waals surface area contributed by atoms with Gasteiger partial charge in [0.05, 0.1) is 6.61 Å².